The van der Waals surface area contributed by atoms with Gasteiger partial charge in [0.1, 0.15) is 0 Å². The molecule has 0 aromatic rings. The third-order valence-electron chi connectivity index (χ3n) is 4.28. The van der Waals surface area contributed by atoms with Crippen LogP contribution in [0.15, 0.2) is 0 Å². The van der Waals surface area contributed by atoms with Crippen molar-refractivity contribution in [2.24, 2.45) is 11.8 Å². The van der Waals surface area contributed by atoms with Gasteiger partial charge in [0.15, 0.2) is 0 Å². The lowest BCUT2D eigenvalue weighted by Crippen LogP contribution is -2.69. The minimum absolute atomic E-state index is 0.764. The monoisotopic (exact) mass is 137 g/mol. The summed E-state index contributed by atoms with van der Waals surface area (Å²) in [7, 11) is 0. The van der Waals surface area contributed by atoms with Crippen molar-refractivity contribution in [3.8, 4) is 0 Å². The van der Waals surface area contributed by atoms with Gasteiger partial charge in [-0.05, 0) is 37.6 Å². The highest BCUT2D eigenvalue weighted by molar-refractivity contribution is 5.17. The molecule has 3 unspecified atom stereocenters. The molecule has 3 fully saturated rings. The molecule has 3 aliphatic rings. The fraction of sp³-hybridized carbons (Fsp3) is 1.00. The molecule has 0 aromatic carbocycles. The van der Waals surface area contributed by atoms with Crippen molar-refractivity contribution in [3.05, 3.63) is 0 Å². The Balaban J connectivity index is 1.96. The van der Waals surface area contributed by atoms with E-state index in [4.69, 9.17) is 0 Å². The zero-order chi connectivity index (χ0) is 6.77. The summed E-state index contributed by atoms with van der Waals surface area (Å²) in [6, 6.07) is 0. The predicted molar refractivity (Wildman–Crippen MR) is 40.8 cm³/mol. The molecule has 10 heavy (non-hydrogen) atoms. The molecule has 0 amide bonds. The lowest BCUT2D eigenvalue weighted by Gasteiger charge is -2.62. The van der Waals surface area contributed by atoms with Crippen molar-refractivity contribution in [2.75, 3.05) is 13.1 Å². The fourth-order valence-corrected chi connectivity index (χ4v) is 3.57. The van der Waals surface area contributed by atoms with E-state index in [1.54, 1.807) is 0 Å². The first-order valence-electron chi connectivity index (χ1n) is 4.59. The maximum Gasteiger partial charge on any atom is 0.0276 e. The topological polar surface area (TPSA) is 3.24 Å². The second-order valence-electron chi connectivity index (χ2n) is 4.36. The van der Waals surface area contributed by atoms with Crippen molar-refractivity contribution in [3.63, 3.8) is 0 Å². The van der Waals surface area contributed by atoms with Crippen LogP contribution < -0.4 is 0 Å². The van der Waals surface area contributed by atoms with Crippen molar-refractivity contribution < 1.29 is 0 Å². The highest BCUT2D eigenvalue weighted by Crippen LogP contribution is 2.59. The quantitative estimate of drug-likeness (QED) is 0.489. The summed E-state index contributed by atoms with van der Waals surface area (Å²) >= 11 is 0. The standard InChI is InChI=1S/C9H15N/c1-7-6-10-5-3-8-2-4-9(7,8)10/h7-8H,2-6H2,1H3. The molecule has 1 heteroatoms. The largest absolute Gasteiger partial charge is 0.297 e. The van der Waals surface area contributed by atoms with E-state index >= 15 is 0 Å². The van der Waals surface area contributed by atoms with E-state index in [1.807, 2.05) is 0 Å². The summed E-state index contributed by atoms with van der Waals surface area (Å²) in [5, 5.41) is 0. The molecule has 1 nitrogen and oxygen atoms in total. The Morgan fingerprint density at radius 1 is 1.40 bits per heavy atom. The van der Waals surface area contributed by atoms with Gasteiger partial charge in [0.2, 0.25) is 0 Å². The SMILES string of the molecule is CC1CN2CCC3CCC132. The van der Waals surface area contributed by atoms with Gasteiger partial charge in [-0.25, -0.2) is 0 Å². The van der Waals surface area contributed by atoms with Gasteiger partial charge in [0.25, 0.3) is 0 Å². The molecule has 0 aromatic heterocycles. The summed E-state index contributed by atoms with van der Waals surface area (Å²) in [4.78, 5) is 2.73. The van der Waals surface area contributed by atoms with Gasteiger partial charge in [-0.1, -0.05) is 6.92 Å². The third kappa shape index (κ3) is 0.355. The first-order chi connectivity index (χ1) is 4.84. The zero-order valence-corrected chi connectivity index (χ0v) is 6.64. The Labute approximate surface area is 62.4 Å². The van der Waals surface area contributed by atoms with Crippen LogP contribution in [0.3, 0.4) is 0 Å². The molecular weight excluding hydrogens is 122 g/mol. The molecule has 3 rings (SSSR count). The normalized spacial score (nSPS) is 58.5. The van der Waals surface area contributed by atoms with Gasteiger partial charge < -0.3 is 0 Å². The fourth-order valence-electron chi connectivity index (χ4n) is 3.57. The van der Waals surface area contributed by atoms with E-state index < -0.39 is 0 Å². The maximum atomic E-state index is 2.73. The molecular formula is C9H15N. The molecule has 2 heterocycles. The second-order valence-corrected chi connectivity index (χ2v) is 4.36. The summed E-state index contributed by atoms with van der Waals surface area (Å²) in [6.07, 6.45) is 4.55. The summed E-state index contributed by atoms with van der Waals surface area (Å²) in [6.45, 7) is 5.25. The summed E-state index contributed by atoms with van der Waals surface area (Å²) < 4.78 is 0. The molecule has 0 N–H and O–H groups in total. The smallest absolute Gasteiger partial charge is 0.0276 e. The first-order valence-corrected chi connectivity index (χ1v) is 4.59. The Morgan fingerprint density at radius 2 is 2.30 bits per heavy atom. The Morgan fingerprint density at radius 3 is 2.70 bits per heavy atom. The Bertz CT molecular complexity index is 167. The van der Waals surface area contributed by atoms with Crippen molar-refractivity contribution in [2.45, 2.75) is 31.7 Å². The Kier molecular flexibility index (Phi) is 0.797. The first kappa shape index (κ1) is 5.59. The molecule has 2 aliphatic heterocycles. The molecule has 2 saturated heterocycles. The molecule has 0 bridgehead atoms. The van der Waals surface area contributed by atoms with Crippen LogP contribution in [-0.2, 0) is 0 Å². The van der Waals surface area contributed by atoms with Crippen molar-refractivity contribution in [1.82, 2.24) is 4.90 Å². The highest BCUT2D eigenvalue weighted by atomic mass is 15.3. The number of hydrogen-bond donors (Lipinski definition) is 0. The van der Waals surface area contributed by atoms with Crippen LogP contribution >= 0.6 is 0 Å². The van der Waals surface area contributed by atoms with E-state index in [1.165, 1.54) is 32.4 Å². The minimum atomic E-state index is 0.764. The predicted octanol–water partition coefficient (Wildman–Crippen LogP) is 1.49. The van der Waals surface area contributed by atoms with Gasteiger partial charge >= 0.3 is 0 Å². The average molecular weight is 137 g/mol. The molecule has 0 radical (unpaired) electrons. The van der Waals surface area contributed by atoms with E-state index in [0.29, 0.717) is 0 Å². The number of nitrogens with zero attached hydrogens (tertiary/aromatic N) is 1. The summed E-state index contributed by atoms with van der Waals surface area (Å²) in [5.74, 6) is 2.13. The molecule has 1 aliphatic carbocycles. The van der Waals surface area contributed by atoms with Crippen LogP contribution in [0.25, 0.3) is 0 Å². The van der Waals surface area contributed by atoms with Crippen LogP contribution in [0, 0.1) is 11.8 Å². The zero-order valence-electron chi connectivity index (χ0n) is 6.64. The van der Waals surface area contributed by atoms with E-state index in [-0.39, 0.29) is 0 Å². The van der Waals surface area contributed by atoms with E-state index in [9.17, 15) is 0 Å². The van der Waals surface area contributed by atoms with Crippen LogP contribution in [0.2, 0.25) is 0 Å². The van der Waals surface area contributed by atoms with E-state index in [0.717, 1.165) is 17.4 Å². The number of hydrogen-bond acceptors (Lipinski definition) is 1. The van der Waals surface area contributed by atoms with Crippen LogP contribution in [-0.4, -0.2) is 23.5 Å². The van der Waals surface area contributed by atoms with Crippen molar-refractivity contribution >= 4 is 0 Å². The highest BCUT2D eigenvalue weighted by Gasteiger charge is 2.63. The van der Waals surface area contributed by atoms with Crippen LogP contribution in [0.5, 0.6) is 0 Å². The average Bonchev–Trinajstić information content (AvgIpc) is 2.00. The van der Waals surface area contributed by atoms with E-state index in [2.05, 4.69) is 11.8 Å². The van der Waals surface area contributed by atoms with Gasteiger partial charge in [0, 0.05) is 12.1 Å². The van der Waals surface area contributed by atoms with Crippen LogP contribution in [0.4, 0.5) is 0 Å². The van der Waals surface area contributed by atoms with Gasteiger partial charge in [-0.2, -0.15) is 0 Å². The Hall–Kier alpha value is -0.0400. The summed E-state index contributed by atoms with van der Waals surface area (Å²) in [5.41, 5.74) is 0.764. The molecule has 1 spiro atoms. The van der Waals surface area contributed by atoms with Gasteiger partial charge in [-0.15, -0.1) is 0 Å². The van der Waals surface area contributed by atoms with Gasteiger partial charge in [-0.3, -0.25) is 4.90 Å². The van der Waals surface area contributed by atoms with Gasteiger partial charge in [0.05, 0.1) is 0 Å². The molecule has 3 atom stereocenters. The minimum Gasteiger partial charge on any atom is -0.297 e. The number of rotatable bonds is 0. The maximum absolute atomic E-state index is 2.73. The lowest BCUT2D eigenvalue weighted by molar-refractivity contribution is -0.120. The third-order valence-corrected chi connectivity index (χ3v) is 4.28. The lowest BCUT2D eigenvalue weighted by atomic mass is 9.57. The molecule has 56 valence electrons. The second kappa shape index (κ2) is 1.42. The molecule has 1 saturated carbocycles. The van der Waals surface area contributed by atoms with Crippen LogP contribution in [0.1, 0.15) is 26.2 Å². The van der Waals surface area contributed by atoms with Crippen molar-refractivity contribution in [1.29, 1.82) is 0 Å².